The fraction of sp³-hybridized carbons (Fsp3) is 0.867. The first-order valence-electron chi connectivity index (χ1n) is 7.71. The number of hydrogen-bond donors (Lipinski definition) is 2. The van der Waals surface area contributed by atoms with E-state index in [0.29, 0.717) is 5.92 Å². The van der Waals surface area contributed by atoms with Crippen molar-refractivity contribution in [1.29, 1.82) is 0 Å². The zero-order chi connectivity index (χ0) is 14.9. The van der Waals surface area contributed by atoms with Crippen LogP contribution < -0.4 is 10.6 Å². The third-order valence-electron chi connectivity index (χ3n) is 5.22. The molecule has 5 nitrogen and oxygen atoms in total. The first-order valence-corrected chi connectivity index (χ1v) is 7.71. The van der Waals surface area contributed by atoms with Crippen molar-refractivity contribution in [3.05, 3.63) is 0 Å². The second-order valence-corrected chi connectivity index (χ2v) is 6.34. The second-order valence-electron chi connectivity index (χ2n) is 6.34. The number of hydrogen-bond acceptors (Lipinski definition) is 3. The molecule has 1 aliphatic carbocycles. The quantitative estimate of drug-likeness (QED) is 0.781. The van der Waals surface area contributed by atoms with Crippen LogP contribution in [0.5, 0.6) is 0 Å². The maximum absolute atomic E-state index is 12.7. The molecule has 1 saturated carbocycles. The predicted molar refractivity (Wildman–Crippen MR) is 78.2 cm³/mol. The van der Waals surface area contributed by atoms with Gasteiger partial charge < -0.3 is 10.6 Å². The predicted octanol–water partition coefficient (Wildman–Crippen LogP) is 0.748. The smallest absolute Gasteiger partial charge is 0.242 e. The van der Waals surface area contributed by atoms with Gasteiger partial charge >= 0.3 is 0 Å². The maximum atomic E-state index is 12.7. The molecule has 0 bridgehead atoms. The van der Waals surface area contributed by atoms with Crippen molar-refractivity contribution in [2.45, 2.75) is 51.1 Å². The third-order valence-corrected chi connectivity index (χ3v) is 5.22. The number of nitrogens with zero attached hydrogens (tertiary/aromatic N) is 1. The number of nitrogens with one attached hydrogen (secondary N) is 2. The zero-order valence-corrected chi connectivity index (χ0v) is 13.0. The number of piperidine rings is 1. The largest absolute Gasteiger partial charge is 0.357 e. The van der Waals surface area contributed by atoms with Crippen LogP contribution >= 0.6 is 0 Å². The van der Waals surface area contributed by atoms with Crippen LogP contribution in [0.4, 0.5) is 0 Å². The summed E-state index contributed by atoms with van der Waals surface area (Å²) < 4.78 is 0. The van der Waals surface area contributed by atoms with Gasteiger partial charge in [0.05, 0.1) is 0 Å². The van der Waals surface area contributed by atoms with Crippen LogP contribution in [0.1, 0.15) is 39.5 Å². The topological polar surface area (TPSA) is 61.4 Å². The Morgan fingerprint density at radius 2 is 2.15 bits per heavy atom. The highest BCUT2D eigenvalue weighted by atomic mass is 16.2. The number of carbonyl (C=O) groups is 2. The molecule has 2 aliphatic rings. The molecule has 0 radical (unpaired) electrons. The van der Waals surface area contributed by atoms with Gasteiger partial charge in [0, 0.05) is 7.05 Å². The van der Waals surface area contributed by atoms with Crippen molar-refractivity contribution in [2.75, 3.05) is 20.6 Å². The van der Waals surface area contributed by atoms with Crippen molar-refractivity contribution in [3.8, 4) is 0 Å². The summed E-state index contributed by atoms with van der Waals surface area (Å²) in [5, 5.41) is 5.67. The molecular weight excluding hydrogens is 254 g/mol. The molecule has 5 heteroatoms. The normalized spacial score (nSPS) is 31.9. The Labute approximate surface area is 121 Å². The van der Waals surface area contributed by atoms with Crippen molar-refractivity contribution in [2.24, 2.45) is 11.8 Å². The van der Waals surface area contributed by atoms with Crippen molar-refractivity contribution in [3.63, 3.8) is 0 Å². The summed E-state index contributed by atoms with van der Waals surface area (Å²) in [6.07, 6.45) is 4.10. The van der Waals surface area contributed by atoms with Gasteiger partial charge in [-0.3, -0.25) is 14.5 Å². The van der Waals surface area contributed by atoms with Crippen LogP contribution in [0.2, 0.25) is 0 Å². The standard InChI is InChI=1S/C15H27N3O2/c1-5-10(2)12(13(19)16-3)17-14(20)15-9-11(15)7-6-8-18(15)4/h10-12H,5-9H2,1-4H3,(H,16,19)(H,17,20)/t10?,11?,12-,15+/m0/s1. The first kappa shape index (κ1) is 15.3. The Hall–Kier alpha value is -1.10. The molecule has 0 aromatic rings. The van der Waals surface area contributed by atoms with Gasteiger partial charge in [-0.2, -0.15) is 0 Å². The van der Waals surface area contributed by atoms with Gasteiger partial charge in [-0.25, -0.2) is 0 Å². The fourth-order valence-corrected chi connectivity index (χ4v) is 3.47. The molecule has 2 N–H and O–H groups in total. The molecule has 0 aromatic carbocycles. The monoisotopic (exact) mass is 281 g/mol. The molecule has 1 saturated heterocycles. The van der Waals surface area contributed by atoms with Crippen LogP contribution in [0.3, 0.4) is 0 Å². The summed E-state index contributed by atoms with van der Waals surface area (Å²) in [4.78, 5) is 26.9. The minimum Gasteiger partial charge on any atom is -0.357 e. The fourth-order valence-electron chi connectivity index (χ4n) is 3.47. The van der Waals surface area contributed by atoms with E-state index in [1.165, 1.54) is 6.42 Å². The molecule has 2 unspecified atom stereocenters. The molecule has 4 atom stereocenters. The van der Waals surface area contributed by atoms with E-state index in [2.05, 4.69) is 15.5 Å². The van der Waals surface area contributed by atoms with Gasteiger partial charge in [0.1, 0.15) is 11.6 Å². The number of carbonyl (C=O) groups excluding carboxylic acids is 2. The lowest BCUT2D eigenvalue weighted by molar-refractivity contribution is -0.134. The lowest BCUT2D eigenvalue weighted by atomic mass is 9.96. The van der Waals surface area contributed by atoms with Crippen molar-refractivity contribution >= 4 is 11.8 Å². The first-order chi connectivity index (χ1) is 9.47. The zero-order valence-electron chi connectivity index (χ0n) is 13.0. The number of likely N-dealkylation sites (N-methyl/N-ethyl adjacent to an activating group) is 2. The Bertz CT molecular complexity index is 399. The molecule has 2 rings (SSSR count). The van der Waals surface area contributed by atoms with E-state index in [4.69, 9.17) is 0 Å². The van der Waals surface area contributed by atoms with E-state index in [9.17, 15) is 9.59 Å². The van der Waals surface area contributed by atoms with Crippen LogP contribution in [0.15, 0.2) is 0 Å². The van der Waals surface area contributed by atoms with E-state index < -0.39 is 6.04 Å². The summed E-state index contributed by atoms with van der Waals surface area (Å²) in [6, 6.07) is -0.427. The van der Waals surface area contributed by atoms with E-state index in [1.807, 2.05) is 20.9 Å². The van der Waals surface area contributed by atoms with Crippen molar-refractivity contribution in [1.82, 2.24) is 15.5 Å². The number of amides is 2. The van der Waals surface area contributed by atoms with Gasteiger partial charge in [-0.1, -0.05) is 20.3 Å². The summed E-state index contributed by atoms with van der Waals surface area (Å²) >= 11 is 0. The molecule has 114 valence electrons. The van der Waals surface area contributed by atoms with Gasteiger partial charge in [0.2, 0.25) is 11.8 Å². The van der Waals surface area contributed by atoms with Gasteiger partial charge in [0.15, 0.2) is 0 Å². The van der Waals surface area contributed by atoms with E-state index in [1.54, 1.807) is 7.05 Å². The number of fused-ring (bicyclic) bond motifs is 1. The summed E-state index contributed by atoms with van der Waals surface area (Å²) in [7, 11) is 3.64. The highest BCUT2D eigenvalue weighted by Crippen LogP contribution is 2.53. The Morgan fingerprint density at radius 1 is 1.45 bits per heavy atom. The van der Waals surface area contributed by atoms with Crippen molar-refractivity contribution < 1.29 is 9.59 Å². The highest BCUT2D eigenvalue weighted by molar-refractivity contribution is 5.94. The van der Waals surface area contributed by atoms with Crippen LogP contribution in [0, 0.1) is 11.8 Å². The molecular formula is C15H27N3O2. The maximum Gasteiger partial charge on any atom is 0.242 e. The van der Waals surface area contributed by atoms with Gasteiger partial charge in [-0.15, -0.1) is 0 Å². The molecule has 0 aromatic heterocycles. The van der Waals surface area contributed by atoms with E-state index >= 15 is 0 Å². The van der Waals surface area contributed by atoms with Gasteiger partial charge in [0.25, 0.3) is 0 Å². The minimum absolute atomic E-state index is 0.0404. The second kappa shape index (κ2) is 5.72. The average Bonchev–Trinajstić information content (AvgIpc) is 3.20. The van der Waals surface area contributed by atoms with E-state index in [0.717, 1.165) is 25.8 Å². The molecule has 2 fully saturated rings. The van der Waals surface area contributed by atoms with Crippen LogP contribution in [-0.4, -0.2) is 48.9 Å². The summed E-state index contributed by atoms with van der Waals surface area (Å²) in [5.74, 6) is 0.559. The SMILES string of the molecule is CCC(C)[C@H](NC(=O)[C@@]12CC1CCCN2C)C(=O)NC. The highest BCUT2D eigenvalue weighted by Gasteiger charge is 2.63. The van der Waals surface area contributed by atoms with Gasteiger partial charge in [-0.05, 0) is 44.7 Å². The number of rotatable bonds is 5. The lowest BCUT2D eigenvalue weighted by Crippen LogP contribution is -2.57. The molecule has 1 heterocycles. The Morgan fingerprint density at radius 3 is 2.70 bits per heavy atom. The lowest BCUT2D eigenvalue weighted by Gasteiger charge is -2.34. The number of likely N-dealkylation sites (tertiary alicyclic amines) is 1. The average molecular weight is 281 g/mol. The molecule has 20 heavy (non-hydrogen) atoms. The summed E-state index contributed by atoms with van der Waals surface area (Å²) in [6.45, 7) is 5.02. The third kappa shape index (κ3) is 2.43. The molecule has 2 amide bonds. The minimum atomic E-state index is -0.427. The van der Waals surface area contributed by atoms with Crippen LogP contribution in [0.25, 0.3) is 0 Å². The van der Waals surface area contributed by atoms with Crippen LogP contribution in [-0.2, 0) is 9.59 Å². The molecule has 0 spiro atoms. The Kier molecular flexibility index (Phi) is 4.37. The molecule has 1 aliphatic heterocycles. The van der Waals surface area contributed by atoms with E-state index in [-0.39, 0.29) is 23.3 Å². The Balaban J connectivity index is 2.07. The summed E-state index contributed by atoms with van der Waals surface area (Å²) in [5.41, 5.74) is -0.335.